The van der Waals surface area contributed by atoms with Crippen molar-refractivity contribution in [3.63, 3.8) is 0 Å². The Labute approximate surface area is 140 Å². The van der Waals surface area contributed by atoms with E-state index in [4.69, 9.17) is 9.72 Å². The highest BCUT2D eigenvalue weighted by Gasteiger charge is 2.28. The van der Waals surface area contributed by atoms with Gasteiger partial charge in [0.1, 0.15) is 0 Å². The van der Waals surface area contributed by atoms with Crippen LogP contribution in [0, 0.1) is 5.92 Å². The van der Waals surface area contributed by atoms with Gasteiger partial charge in [-0.25, -0.2) is 4.98 Å². The first-order valence-electron chi connectivity index (χ1n) is 8.07. The molecule has 1 N–H and O–H groups in total. The Hall–Kier alpha value is -1.66. The van der Waals surface area contributed by atoms with Crippen molar-refractivity contribution in [3.05, 3.63) is 24.3 Å². The van der Waals surface area contributed by atoms with E-state index in [0.717, 1.165) is 36.6 Å². The van der Waals surface area contributed by atoms with E-state index in [0.29, 0.717) is 6.61 Å². The number of hydrogen-bond donors (Lipinski definition) is 1. The number of methoxy groups -OCH3 is 1. The molecule has 1 aromatic heterocycles. The van der Waals surface area contributed by atoms with Crippen LogP contribution in [0.5, 0.6) is 0 Å². The summed E-state index contributed by atoms with van der Waals surface area (Å²) in [5.74, 6) is 0.149. The lowest BCUT2D eigenvalue weighted by molar-refractivity contribution is -0.126. The summed E-state index contributed by atoms with van der Waals surface area (Å²) >= 11 is 1.70. The number of piperidine rings is 1. The maximum absolute atomic E-state index is 12.4. The molecule has 1 aromatic carbocycles. The van der Waals surface area contributed by atoms with Gasteiger partial charge in [0, 0.05) is 26.2 Å². The number of nitrogens with one attached hydrogen (secondary N) is 1. The number of thiazole rings is 1. The second kappa shape index (κ2) is 7.27. The first-order valence-corrected chi connectivity index (χ1v) is 8.89. The number of para-hydroxylation sites is 1. The third-order valence-electron chi connectivity index (χ3n) is 4.15. The molecule has 0 bridgehead atoms. The average Bonchev–Trinajstić information content (AvgIpc) is 2.99. The minimum absolute atomic E-state index is 0.0232. The number of rotatable bonds is 5. The molecular weight excluding hydrogens is 310 g/mol. The number of amides is 1. The Morgan fingerprint density at radius 1 is 1.52 bits per heavy atom. The van der Waals surface area contributed by atoms with Crippen LogP contribution < -0.4 is 10.2 Å². The number of carbonyl (C=O) groups excluding carboxylic acids is 1. The predicted molar refractivity (Wildman–Crippen MR) is 94.0 cm³/mol. The molecule has 1 saturated heterocycles. The van der Waals surface area contributed by atoms with Crippen LogP contribution in [0.2, 0.25) is 0 Å². The summed E-state index contributed by atoms with van der Waals surface area (Å²) < 4.78 is 6.28. The summed E-state index contributed by atoms with van der Waals surface area (Å²) in [5, 5.41) is 4.06. The summed E-state index contributed by atoms with van der Waals surface area (Å²) in [4.78, 5) is 19.4. The van der Waals surface area contributed by atoms with Crippen molar-refractivity contribution in [2.24, 2.45) is 5.92 Å². The number of nitrogens with zero attached hydrogens (tertiary/aromatic N) is 2. The van der Waals surface area contributed by atoms with Gasteiger partial charge in [0.05, 0.1) is 22.7 Å². The number of benzene rings is 1. The second-order valence-electron chi connectivity index (χ2n) is 6.11. The molecule has 23 heavy (non-hydrogen) atoms. The molecule has 2 atom stereocenters. The summed E-state index contributed by atoms with van der Waals surface area (Å²) in [6, 6.07) is 8.22. The molecule has 6 heteroatoms. The molecule has 0 spiro atoms. The summed E-state index contributed by atoms with van der Waals surface area (Å²) in [7, 11) is 1.65. The lowest BCUT2D eigenvalue weighted by atomic mass is 9.97. The van der Waals surface area contributed by atoms with Crippen LogP contribution in [0.3, 0.4) is 0 Å². The maximum atomic E-state index is 12.4. The number of ether oxygens (including phenoxy) is 1. The van der Waals surface area contributed by atoms with Gasteiger partial charge < -0.3 is 15.0 Å². The topological polar surface area (TPSA) is 54.5 Å². The molecule has 2 unspecified atom stereocenters. The van der Waals surface area contributed by atoms with Gasteiger partial charge in [-0.05, 0) is 31.9 Å². The average molecular weight is 333 g/mol. The molecule has 2 aromatic rings. The SMILES string of the molecule is COCC(C)NC(=O)C1CCCN(c2nc3ccccc3s2)C1. The molecule has 3 rings (SSSR count). The molecule has 1 fully saturated rings. The highest BCUT2D eigenvalue weighted by Crippen LogP contribution is 2.31. The van der Waals surface area contributed by atoms with Crippen LogP contribution in [0.1, 0.15) is 19.8 Å². The first-order chi connectivity index (χ1) is 11.2. The Morgan fingerprint density at radius 3 is 3.13 bits per heavy atom. The molecule has 5 nitrogen and oxygen atoms in total. The third kappa shape index (κ3) is 3.82. The van der Waals surface area contributed by atoms with Crippen LogP contribution in [0.4, 0.5) is 5.13 Å². The van der Waals surface area contributed by atoms with Crippen molar-refractivity contribution in [1.82, 2.24) is 10.3 Å². The summed E-state index contributed by atoms with van der Waals surface area (Å²) in [6.07, 6.45) is 1.96. The van der Waals surface area contributed by atoms with Crippen LogP contribution in [-0.4, -0.2) is 43.7 Å². The van der Waals surface area contributed by atoms with E-state index in [1.165, 1.54) is 4.70 Å². The van der Waals surface area contributed by atoms with Gasteiger partial charge in [-0.1, -0.05) is 23.5 Å². The van der Waals surface area contributed by atoms with E-state index in [9.17, 15) is 4.79 Å². The lowest BCUT2D eigenvalue weighted by Crippen LogP contribution is -2.46. The number of anilines is 1. The smallest absolute Gasteiger partial charge is 0.225 e. The largest absolute Gasteiger partial charge is 0.383 e. The standard InChI is InChI=1S/C17H23N3O2S/c1-12(11-22-2)18-16(21)13-6-5-9-20(10-13)17-19-14-7-3-4-8-15(14)23-17/h3-4,7-8,12-13H,5-6,9-11H2,1-2H3,(H,18,21). The number of fused-ring (bicyclic) bond motifs is 1. The van der Waals surface area contributed by atoms with Gasteiger partial charge in [0.25, 0.3) is 0 Å². The van der Waals surface area contributed by atoms with Crippen molar-refractivity contribution >= 4 is 32.6 Å². The zero-order chi connectivity index (χ0) is 16.2. The van der Waals surface area contributed by atoms with Gasteiger partial charge >= 0.3 is 0 Å². The van der Waals surface area contributed by atoms with E-state index in [-0.39, 0.29) is 17.9 Å². The predicted octanol–water partition coefficient (Wildman–Crippen LogP) is 2.66. The molecule has 1 amide bonds. The molecule has 0 saturated carbocycles. The maximum Gasteiger partial charge on any atom is 0.225 e. The van der Waals surface area contributed by atoms with Crippen molar-refractivity contribution in [1.29, 1.82) is 0 Å². The van der Waals surface area contributed by atoms with E-state index in [2.05, 4.69) is 16.3 Å². The fraction of sp³-hybridized carbons (Fsp3) is 0.529. The van der Waals surface area contributed by atoms with Crippen molar-refractivity contribution in [2.75, 3.05) is 31.7 Å². The third-order valence-corrected chi connectivity index (χ3v) is 5.25. The second-order valence-corrected chi connectivity index (χ2v) is 7.12. The van der Waals surface area contributed by atoms with Gasteiger partial charge in [-0.15, -0.1) is 0 Å². The molecule has 2 heterocycles. The van der Waals surface area contributed by atoms with Gasteiger partial charge in [-0.2, -0.15) is 0 Å². The monoisotopic (exact) mass is 333 g/mol. The normalized spacial score (nSPS) is 19.7. The molecule has 1 aliphatic heterocycles. The Bertz CT molecular complexity index is 640. The number of aromatic nitrogens is 1. The van der Waals surface area contributed by atoms with Crippen LogP contribution in [0.25, 0.3) is 10.2 Å². The van der Waals surface area contributed by atoms with E-state index in [1.54, 1.807) is 18.4 Å². The van der Waals surface area contributed by atoms with Crippen LogP contribution in [0.15, 0.2) is 24.3 Å². The van der Waals surface area contributed by atoms with Crippen LogP contribution in [-0.2, 0) is 9.53 Å². The van der Waals surface area contributed by atoms with E-state index >= 15 is 0 Å². The summed E-state index contributed by atoms with van der Waals surface area (Å²) in [5.41, 5.74) is 1.03. The molecule has 0 aliphatic carbocycles. The van der Waals surface area contributed by atoms with Crippen molar-refractivity contribution in [2.45, 2.75) is 25.8 Å². The number of carbonyl (C=O) groups is 1. The fourth-order valence-corrected chi connectivity index (χ4v) is 4.01. The number of hydrogen-bond acceptors (Lipinski definition) is 5. The highest BCUT2D eigenvalue weighted by molar-refractivity contribution is 7.22. The molecule has 0 radical (unpaired) electrons. The van der Waals surface area contributed by atoms with E-state index in [1.807, 2.05) is 25.1 Å². The zero-order valence-corrected chi connectivity index (χ0v) is 14.4. The molecular formula is C17H23N3O2S. The Kier molecular flexibility index (Phi) is 5.13. The highest BCUT2D eigenvalue weighted by atomic mass is 32.1. The van der Waals surface area contributed by atoms with Gasteiger partial charge in [-0.3, -0.25) is 4.79 Å². The lowest BCUT2D eigenvalue weighted by Gasteiger charge is -2.32. The van der Waals surface area contributed by atoms with Crippen molar-refractivity contribution in [3.8, 4) is 0 Å². The quantitative estimate of drug-likeness (QED) is 0.914. The van der Waals surface area contributed by atoms with Crippen molar-refractivity contribution < 1.29 is 9.53 Å². The van der Waals surface area contributed by atoms with Crippen LogP contribution >= 0.6 is 11.3 Å². The Balaban J connectivity index is 1.66. The summed E-state index contributed by atoms with van der Waals surface area (Å²) in [6.45, 7) is 4.22. The van der Waals surface area contributed by atoms with Gasteiger partial charge in [0.2, 0.25) is 5.91 Å². The first kappa shape index (κ1) is 16.2. The minimum Gasteiger partial charge on any atom is -0.383 e. The zero-order valence-electron chi connectivity index (χ0n) is 13.6. The molecule has 124 valence electrons. The fourth-order valence-electron chi connectivity index (χ4n) is 3.01. The van der Waals surface area contributed by atoms with E-state index < -0.39 is 0 Å². The Morgan fingerprint density at radius 2 is 2.35 bits per heavy atom. The van der Waals surface area contributed by atoms with Gasteiger partial charge in [0.15, 0.2) is 5.13 Å². The minimum atomic E-state index is 0.0232. The molecule has 1 aliphatic rings.